The maximum atomic E-state index is 13.1. The predicted octanol–water partition coefficient (Wildman–Crippen LogP) is 27.0. The van der Waals surface area contributed by atoms with Crippen LogP contribution in [0.15, 0.2) is 42.5 Å². The van der Waals surface area contributed by atoms with Gasteiger partial charge in [0.2, 0.25) is 0 Å². The summed E-state index contributed by atoms with van der Waals surface area (Å²) in [6.07, 6.45) is 80.3. The Kier molecular flexibility index (Phi) is 56.6. The van der Waals surface area contributed by atoms with Crippen LogP contribution in [-0.4, -0.2) is 17.9 Å². The van der Waals surface area contributed by atoms with Gasteiger partial charge in [-0.3, -0.25) is 14.4 Å². The molecule has 0 N–H and O–H groups in total. The number of hydrogen-bond donors (Lipinski definition) is 0. The minimum absolute atomic E-state index is 0.181. The molecule has 2 rings (SSSR count). The highest BCUT2D eigenvalue weighted by Gasteiger charge is 2.12. The molecule has 0 saturated carbocycles. The van der Waals surface area contributed by atoms with E-state index in [1.165, 1.54) is 315 Å². The first-order valence-corrected chi connectivity index (χ1v) is 38.0. The summed E-state index contributed by atoms with van der Waals surface area (Å²) in [7, 11) is 0. The van der Waals surface area contributed by atoms with Crippen LogP contribution in [0.1, 0.15) is 417 Å². The van der Waals surface area contributed by atoms with Gasteiger partial charge in [0.25, 0.3) is 0 Å². The van der Waals surface area contributed by atoms with Crippen molar-refractivity contribution in [3.8, 4) is 17.2 Å². The minimum atomic E-state index is -0.259. The van der Waals surface area contributed by atoms with E-state index in [0.717, 1.165) is 62.5 Å². The molecule has 0 radical (unpaired) electrons. The SMILES string of the molecule is CCCCCCCCCCCCCCCCCCCCCC(=O)Oc1ccc(C=Cc2cc(OC(=O)CCCCCCCCCCCCCCCCCCCCC)cc(OC(=O)CCCCCCCCCCCCCCCCCCCCC)c2)cc1. The van der Waals surface area contributed by atoms with E-state index in [2.05, 4.69) is 20.8 Å². The fraction of sp³-hybridized carbons (Fsp3) is 0.787. The summed E-state index contributed by atoms with van der Waals surface area (Å²) in [6.45, 7) is 6.87. The number of carbonyl (C=O) groups excluding carboxylic acids is 3. The van der Waals surface area contributed by atoms with E-state index >= 15 is 0 Å². The van der Waals surface area contributed by atoms with Crippen LogP contribution in [0.5, 0.6) is 17.2 Å². The normalized spacial score (nSPS) is 11.5. The molecule has 0 aliphatic rings. The summed E-state index contributed by atoms with van der Waals surface area (Å²) in [5, 5.41) is 0. The lowest BCUT2D eigenvalue weighted by atomic mass is 10.0. The maximum absolute atomic E-state index is 13.1. The van der Waals surface area contributed by atoms with Crippen LogP contribution in [0.3, 0.4) is 0 Å². The van der Waals surface area contributed by atoms with Crippen molar-refractivity contribution in [2.24, 2.45) is 0 Å². The highest BCUT2D eigenvalue weighted by Crippen LogP contribution is 2.27. The van der Waals surface area contributed by atoms with Crippen molar-refractivity contribution >= 4 is 30.1 Å². The number of rotatable bonds is 65. The van der Waals surface area contributed by atoms with Gasteiger partial charge in [-0.25, -0.2) is 0 Å². The first kappa shape index (κ1) is 78.7. The number of unbranched alkanes of at least 4 members (excludes halogenated alkanes) is 54. The molecule has 0 fully saturated rings. The van der Waals surface area contributed by atoms with Gasteiger partial charge in [-0.15, -0.1) is 0 Å². The number of ether oxygens (including phenoxy) is 3. The van der Waals surface area contributed by atoms with Crippen LogP contribution in [-0.2, 0) is 14.4 Å². The zero-order valence-corrected chi connectivity index (χ0v) is 57.1. The van der Waals surface area contributed by atoms with E-state index in [9.17, 15) is 14.4 Å². The summed E-state index contributed by atoms with van der Waals surface area (Å²) < 4.78 is 17.5. The third-order valence-electron chi connectivity index (χ3n) is 17.9. The van der Waals surface area contributed by atoms with Crippen LogP contribution in [0.25, 0.3) is 12.2 Å². The van der Waals surface area contributed by atoms with Crippen molar-refractivity contribution in [2.75, 3.05) is 0 Å². The van der Waals surface area contributed by atoms with E-state index in [1.54, 1.807) is 6.07 Å². The van der Waals surface area contributed by atoms with Crippen molar-refractivity contribution in [1.82, 2.24) is 0 Å². The monoisotopic (exact) mass is 1200 g/mol. The molecule has 2 aromatic rings. The lowest BCUT2D eigenvalue weighted by Crippen LogP contribution is -2.10. The number of benzene rings is 2. The second-order valence-corrected chi connectivity index (χ2v) is 26.4. The molecule has 86 heavy (non-hydrogen) atoms. The standard InChI is InChI=1S/C80H138O6/c1-4-7-10-13-16-19-22-25-28-31-34-37-40-43-46-49-52-55-58-61-78(81)84-75-68-66-73(67-69-75)64-65-74-70-76(85-79(82)62-59-56-53-50-47-44-41-38-35-32-29-26-23-20-17-14-11-8-5-2)72-77(71-74)86-80(83)63-60-57-54-51-48-45-42-39-36-33-30-27-24-21-18-15-12-9-6-3/h64-72H,4-63H2,1-3H3. The van der Waals surface area contributed by atoms with E-state index < -0.39 is 0 Å². The number of esters is 3. The third kappa shape index (κ3) is 52.5. The highest BCUT2D eigenvalue weighted by molar-refractivity contribution is 5.77. The average Bonchev–Trinajstić information content (AvgIpc) is 3.35. The molecule has 0 aliphatic heterocycles. The summed E-state index contributed by atoms with van der Waals surface area (Å²) in [6, 6.07) is 12.9. The van der Waals surface area contributed by atoms with Crippen LogP contribution in [0.4, 0.5) is 0 Å². The Labute approximate surface area is 532 Å². The topological polar surface area (TPSA) is 78.9 Å². The first-order valence-electron chi connectivity index (χ1n) is 38.0. The van der Waals surface area contributed by atoms with Gasteiger partial charge >= 0.3 is 17.9 Å². The predicted molar refractivity (Wildman–Crippen MR) is 373 cm³/mol. The van der Waals surface area contributed by atoms with E-state index in [-0.39, 0.29) is 17.9 Å². The molecule has 2 aromatic carbocycles. The first-order chi connectivity index (χ1) is 42.4. The van der Waals surface area contributed by atoms with Gasteiger partial charge in [0, 0.05) is 25.3 Å². The Morgan fingerprint density at radius 1 is 0.233 bits per heavy atom. The highest BCUT2D eigenvalue weighted by atomic mass is 16.5. The zero-order chi connectivity index (χ0) is 61.5. The molecule has 0 unspecified atom stereocenters. The van der Waals surface area contributed by atoms with E-state index in [0.29, 0.717) is 36.5 Å². The summed E-state index contributed by atoms with van der Waals surface area (Å²) in [5.74, 6) is 0.611. The minimum Gasteiger partial charge on any atom is -0.427 e. The molecule has 0 atom stereocenters. The van der Waals surface area contributed by atoms with Crippen LogP contribution in [0, 0.1) is 0 Å². The molecule has 0 amide bonds. The maximum Gasteiger partial charge on any atom is 0.311 e. The molecule has 0 saturated heterocycles. The summed E-state index contributed by atoms with van der Waals surface area (Å²) in [5.41, 5.74) is 1.69. The van der Waals surface area contributed by atoms with Crippen LogP contribution < -0.4 is 14.2 Å². The second-order valence-electron chi connectivity index (χ2n) is 26.4. The van der Waals surface area contributed by atoms with Crippen molar-refractivity contribution in [3.05, 3.63) is 53.6 Å². The quantitative estimate of drug-likeness (QED) is 0.0284. The van der Waals surface area contributed by atoms with E-state index in [1.807, 2.05) is 48.6 Å². The molecule has 6 heteroatoms. The fourth-order valence-corrected chi connectivity index (χ4v) is 12.2. The molecule has 6 nitrogen and oxygen atoms in total. The third-order valence-corrected chi connectivity index (χ3v) is 17.9. The molecule has 0 heterocycles. The van der Waals surface area contributed by atoms with Crippen LogP contribution in [0.2, 0.25) is 0 Å². The molecule has 0 spiro atoms. The lowest BCUT2D eigenvalue weighted by Gasteiger charge is -2.10. The smallest absolute Gasteiger partial charge is 0.311 e. The van der Waals surface area contributed by atoms with Gasteiger partial charge in [0.1, 0.15) is 17.2 Å². The van der Waals surface area contributed by atoms with Gasteiger partial charge in [-0.1, -0.05) is 392 Å². The molecular weight excluding hydrogens is 1060 g/mol. The van der Waals surface area contributed by atoms with E-state index in [4.69, 9.17) is 14.2 Å². The van der Waals surface area contributed by atoms with Gasteiger partial charge < -0.3 is 14.2 Å². The van der Waals surface area contributed by atoms with Gasteiger partial charge in [-0.2, -0.15) is 0 Å². The van der Waals surface area contributed by atoms with Crippen molar-refractivity contribution in [1.29, 1.82) is 0 Å². The Bertz CT molecular complexity index is 1760. The summed E-state index contributed by atoms with van der Waals surface area (Å²) in [4.78, 5) is 39.0. The molecular formula is C80H138O6. The Morgan fingerprint density at radius 3 is 0.640 bits per heavy atom. The molecule has 0 aliphatic carbocycles. The van der Waals surface area contributed by atoms with Crippen LogP contribution >= 0.6 is 0 Å². The largest absolute Gasteiger partial charge is 0.427 e. The lowest BCUT2D eigenvalue weighted by molar-refractivity contribution is -0.135. The van der Waals surface area contributed by atoms with Gasteiger partial charge in [0.05, 0.1) is 0 Å². The summed E-state index contributed by atoms with van der Waals surface area (Å²) >= 11 is 0. The number of hydrogen-bond acceptors (Lipinski definition) is 6. The van der Waals surface area contributed by atoms with Crippen molar-refractivity contribution in [3.63, 3.8) is 0 Å². The molecule has 0 aromatic heterocycles. The Morgan fingerprint density at radius 2 is 0.419 bits per heavy atom. The average molecular weight is 1200 g/mol. The molecule has 494 valence electrons. The van der Waals surface area contributed by atoms with Crippen molar-refractivity contribution in [2.45, 2.75) is 406 Å². The fourth-order valence-electron chi connectivity index (χ4n) is 12.2. The zero-order valence-electron chi connectivity index (χ0n) is 57.1. The van der Waals surface area contributed by atoms with Crippen molar-refractivity contribution < 1.29 is 28.6 Å². The Hall–Kier alpha value is -3.41. The van der Waals surface area contributed by atoms with Gasteiger partial charge in [-0.05, 0) is 54.7 Å². The van der Waals surface area contributed by atoms with Gasteiger partial charge in [0.15, 0.2) is 0 Å². The second kappa shape index (κ2) is 61.8. The number of carbonyl (C=O) groups is 3. The Balaban J connectivity index is 1.72. The molecule has 0 bridgehead atoms.